The fraction of sp³-hybridized carbons (Fsp3) is 1.00. The third-order valence-electron chi connectivity index (χ3n) is 4.12. The molecular formula is C14H28N2. The summed E-state index contributed by atoms with van der Waals surface area (Å²) in [5.74, 6) is 0. The Kier molecular flexibility index (Phi) is 3.33. The number of nitrogens with zero attached hydrogens (tertiary/aromatic N) is 1. The molecule has 2 heteroatoms. The van der Waals surface area contributed by atoms with Gasteiger partial charge in [0.2, 0.25) is 0 Å². The van der Waals surface area contributed by atoms with Crippen molar-refractivity contribution in [2.24, 2.45) is 5.41 Å². The summed E-state index contributed by atoms with van der Waals surface area (Å²) in [6.07, 6.45) is 5.73. The van der Waals surface area contributed by atoms with Gasteiger partial charge in [0.25, 0.3) is 0 Å². The summed E-state index contributed by atoms with van der Waals surface area (Å²) in [7, 11) is 0. The van der Waals surface area contributed by atoms with E-state index in [-0.39, 0.29) is 5.54 Å². The quantitative estimate of drug-likeness (QED) is 0.736. The molecule has 0 aromatic carbocycles. The van der Waals surface area contributed by atoms with Crippen LogP contribution in [0, 0.1) is 5.41 Å². The zero-order valence-corrected chi connectivity index (χ0v) is 11.5. The van der Waals surface area contributed by atoms with Gasteiger partial charge in [-0.15, -0.1) is 0 Å². The van der Waals surface area contributed by atoms with Gasteiger partial charge in [-0.1, -0.05) is 26.7 Å². The highest BCUT2D eigenvalue weighted by molar-refractivity contribution is 4.94. The molecule has 1 heterocycles. The zero-order chi connectivity index (χ0) is 11.8. The number of rotatable bonds is 1. The molecule has 0 radical (unpaired) electrons. The van der Waals surface area contributed by atoms with E-state index in [0.29, 0.717) is 5.41 Å². The summed E-state index contributed by atoms with van der Waals surface area (Å²) in [6, 6.07) is 0.860. The maximum Gasteiger partial charge on any atom is 0.0252 e. The molecule has 0 bridgehead atoms. The lowest BCUT2D eigenvalue weighted by Gasteiger charge is -2.35. The van der Waals surface area contributed by atoms with Crippen LogP contribution in [-0.4, -0.2) is 36.1 Å². The number of nitrogens with one attached hydrogen (secondary N) is 1. The van der Waals surface area contributed by atoms with E-state index in [0.717, 1.165) is 12.6 Å². The van der Waals surface area contributed by atoms with Gasteiger partial charge in [0.1, 0.15) is 0 Å². The summed E-state index contributed by atoms with van der Waals surface area (Å²) < 4.78 is 0. The van der Waals surface area contributed by atoms with Crippen LogP contribution in [-0.2, 0) is 0 Å². The Morgan fingerprint density at radius 2 is 1.62 bits per heavy atom. The van der Waals surface area contributed by atoms with Crippen molar-refractivity contribution in [3.05, 3.63) is 0 Å². The van der Waals surface area contributed by atoms with E-state index >= 15 is 0 Å². The highest BCUT2D eigenvalue weighted by Crippen LogP contribution is 2.30. The zero-order valence-electron chi connectivity index (χ0n) is 11.5. The van der Waals surface area contributed by atoms with Crippen molar-refractivity contribution in [2.75, 3.05) is 19.6 Å². The largest absolute Gasteiger partial charge is 0.310 e. The Morgan fingerprint density at radius 1 is 1.00 bits per heavy atom. The maximum absolute atomic E-state index is 3.72. The van der Waals surface area contributed by atoms with Crippen LogP contribution in [0.1, 0.15) is 53.4 Å². The van der Waals surface area contributed by atoms with E-state index in [9.17, 15) is 0 Å². The summed E-state index contributed by atoms with van der Waals surface area (Å²) in [5, 5.41) is 3.72. The van der Waals surface area contributed by atoms with E-state index in [1.807, 2.05) is 0 Å². The minimum Gasteiger partial charge on any atom is -0.310 e. The number of hydrogen-bond donors (Lipinski definition) is 1. The fourth-order valence-corrected chi connectivity index (χ4v) is 3.23. The monoisotopic (exact) mass is 224 g/mol. The molecule has 0 aromatic heterocycles. The average Bonchev–Trinajstić information content (AvgIpc) is 2.63. The SMILES string of the molecule is CC1(C)CNC(C)(C)CN(C2CCCC2)C1. The van der Waals surface area contributed by atoms with E-state index in [1.165, 1.54) is 38.8 Å². The lowest BCUT2D eigenvalue weighted by Crippen LogP contribution is -2.48. The Morgan fingerprint density at radius 3 is 2.25 bits per heavy atom. The molecule has 2 aliphatic rings. The third kappa shape index (κ3) is 2.98. The molecular weight excluding hydrogens is 196 g/mol. The standard InChI is InChI=1S/C14H28N2/c1-13(2)9-15-14(3,4)11-16(10-13)12-7-5-6-8-12/h12,15H,5-11H2,1-4H3. The van der Waals surface area contributed by atoms with Crippen molar-refractivity contribution in [1.29, 1.82) is 0 Å². The first-order valence-corrected chi connectivity index (χ1v) is 6.87. The van der Waals surface area contributed by atoms with Crippen LogP contribution in [0.3, 0.4) is 0 Å². The van der Waals surface area contributed by atoms with E-state index in [2.05, 4.69) is 37.9 Å². The predicted octanol–water partition coefficient (Wildman–Crippen LogP) is 2.64. The average molecular weight is 224 g/mol. The van der Waals surface area contributed by atoms with Gasteiger partial charge < -0.3 is 5.32 Å². The molecule has 0 unspecified atom stereocenters. The molecule has 2 fully saturated rings. The van der Waals surface area contributed by atoms with E-state index in [1.54, 1.807) is 0 Å². The third-order valence-corrected chi connectivity index (χ3v) is 4.12. The lowest BCUT2D eigenvalue weighted by atomic mass is 9.92. The topological polar surface area (TPSA) is 15.3 Å². The first-order valence-electron chi connectivity index (χ1n) is 6.87. The molecule has 1 saturated heterocycles. The Hall–Kier alpha value is -0.0800. The Labute approximate surface area is 101 Å². The molecule has 0 atom stereocenters. The molecule has 2 nitrogen and oxygen atoms in total. The van der Waals surface area contributed by atoms with Gasteiger partial charge >= 0.3 is 0 Å². The molecule has 1 aliphatic heterocycles. The van der Waals surface area contributed by atoms with Crippen LogP contribution in [0.2, 0.25) is 0 Å². The van der Waals surface area contributed by atoms with Gasteiger partial charge in [-0.25, -0.2) is 0 Å². The van der Waals surface area contributed by atoms with Gasteiger partial charge in [0.05, 0.1) is 0 Å². The summed E-state index contributed by atoms with van der Waals surface area (Å²) in [6.45, 7) is 13.1. The molecule has 1 N–H and O–H groups in total. The number of hydrogen-bond acceptors (Lipinski definition) is 2. The van der Waals surface area contributed by atoms with Gasteiger partial charge in [0.15, 0.2) is 0 Å². The molecule has 1 aliphatic carbocycles. The second-order valence-electron chi connectivity index (χ2n) is 7.24. The van der Waals surface area contributed by atoms with Crippen molar-refractivity contribution >= 4 is 0 Å². The normalized spacial score (nSPS) is 31.5. The first-order chi connectivity index (χ1) is 7.38. The summed E-state index contributed by atoms with van der Waals surface area (Å²) in [5.41, 5.74) is 0.687. The summed E-state index contributed by atoms with van der Waals surface area (Å²) in [4.78, 5) is 2.76. The summed E-state index contributed by atoms with van der Waals surface area (Å²) >= 11 is 0. The molecule has 94 valence electrons. The van der Waals surface area contributed by atoms with Crippen LogP contribution in [0.4, 0.5) is 0 Å². The molecule has 0 spiro atoms. The molecule has 2 rings (SSSR count). The van der Waals surface area contributed by atoms with E-state index in [4.69, 9.17) is 0 Å². The molecule has 16 heavy (non-hydrogen) atoms. The Bertz CT molecular complexity index is 221. The highest BCUT2D eigenvalue weighted by atomic mass is 15.2. The molecule has 0 amide bonds. The van der Waals surface area contributed by atoms with Gasteiger partial charge in [0, 0.05) is 31.2 Å². The van der Waals surface area contributed by atoms with Crippen LogP contribution in [0.15, 0.2) is 0 Å². The van der Waals surface area contributed by atoms with Gasteiger partial charge in [-0.05, 0) is 32.1 Å². The van der Waals surface area contributed by atoms with Crippen molar-refractivity contribution in [3.8, 4) is 0 Å². The second kappa shape index (κ2) is 4.30. The molecule has 1 saturated carbocycles. The van der Waals surface area contributed by atoms with Gasteiger partial charge in [-0.2, -0.15) is 0 Å². The van der Waals surface area contributed by atoms with Gasteiger partial charge in [-0.3, -0.25) is 4.90 Å². The van der Waals surface area contributed by atoms with Crippen molar-refractivity contribution in [3.63, 3.8) is 0 Å². The van der Waals surface area contributed by atoms with E-state index < -0.39 is 0 Å². The minimum absolute atomic E-state index is 0.274. The fourth-order valence-electron chi connectivity index (χ4n) is 3.23. The van der Waals surface area contributed by atoms with Crippen molar-refractivity contribution in [1.82, 2.24) is 10.2 Å². The Balaban J connectivity index is 2.08. The first kappa shape index (κ1) is 12.4. The van der Waals surface area contributed by atoms with Crippen LogP contribution < -0.4 is 5.32 Å². The van der Waals surface area contributed by atoms with Crippen molar-refractivity contribution in [2.45, 2.75) is 65.0 Å². The van der Waals surface area contributed by atoms with Crippen LogP contribution >= 0.6 is 0 Å². The van der Waals surface area contributed by atoms with Crippen LogP contribution in [0.25, 0.3) is 0 Å². The minimum atomic E-state index is 0.274. The lowest BCUT2D eigenvalue weighted by molar-refractivity contribution is 0.137. The predicted molar refractivity (Wildman–Crippen MR) is 69.7 cm³/mol. The van der Waals surface area contributed by atoms with Crippen LogP contribution in [0.5, 0.6) is 0 Å². The smallest absolute Gasteiger partial charge is 0.0252 e. The second-order valence-corrected chi connectivity index (χ2v) is 7.24. The van der Waals surface area contributed by atoms with Crippen molar-refractivity contribution < 1.29 is 0 Å². The molecule has 0 aromatic rings. The maximum atomic E-state index is 3.72. The highest BCUT2D eigenvalue weighted by Gasteiger charge is 2.36.